The highest BCUT2D eigenvalue weighted by Gasteiger charge is 2.21. The maximum Gasteiger partial charge on any atom is 0.161 e. The van der Waals surface area contributed by atoms with Gasteiger partial charge in [0, 0.05) is 61.8 Å². The van der Waals surface area contributed by atoms with Crippen molar-refractivity contribution in [2.24, 2.45) is 0 Å². The van der Waals surface area contributed by atoms with E-state index in [-0.39, 0.29) is 0 Å². The van der Waals surface area contributed by atoms with Gasteiger partial charge in [0.05, 0.1) is 11.4 Å². The van der Waals surface area contributed by atoms with Crippen LogP contribution in [-0.4, -0.2) is 15.0 Å². The van der Waals surface area contributed by atoms with Gasteiger partial charge in [-0.05, 0) is 58.7 Å². The highest BCUT2D eigenvalue weighted by Crippen LogP contribution is 2.45. The highest BCUT2D eigenvalue weighted by atomic mass is 16.3. The molecule has 11 rings (SSSR count). The summed E-state index contributed by atoms with van der Waals surface area (Å²) >= 11 is 0. The van der Waals surface area contributed by atoms with E-state index in [2.05, 4.69) is 114 Å². The van der Waals surface area contributed by atoms with Gasteiger partial charge in [0.15, 0.2) is 5.82 Å². The van der Waals surface area contributed by atoms with E-state index in [1.807, 2.05) is 72.9 Å². The third-order valence-corrected chi connectivity index (χ3v) is 10.6. The molecule has 56 heavy (non-hydrogen) atoms. The molecule has 0 aliphatic heterocycles. The normalized spacial score (nSPS) is 11.6. The summed E-state index contributed by atoms with van der Waals surface area (Å²) in [6.07, 6.45) is 3.67. The lowest BCUT2D eigenvalue weighted by molar-refractivity contribution is 0.668. The van der Waals surface area contributed by atoms with Crippen LogP contribution in [0.2, 0.25) is 0 Å². The molecule has 0 radical (unpaired) electrons. The van der Waals surface area contributed by atoms with Crippen LogP contribution >= 0.6 is 0 Å². The average Bonchev–Trinajstić information content (AvgIpc) is 3.86. The zero-order valence-corrected chi connectivity index (χ0v) is 30.1. The predicted molar refractivity (Wildman–Crippen MR) is 227 cm³/mol. The number of nitrogens with zero attached hydrogens (tertiary/aromatic N) is 3. The van der Waals surface area contributed by atoms with E-state index in [1.54, 1.807) is 6.20 Å². The van der Waals surface area contributed by atoms with E-state index in [9.17, 15) is 0 Å². The van der Waals surface area contributed by atoms with E-state index in [4.69, 9.17) is 18.8 Å². The van der Waals surface area contributed by atoms with E-state index in [1.165, 1.54) is 0 Å². The Labute approximate surface area is 322 Å². The SMILES string of the molecule is c1ccc(-c2cc(-c3ccc(-c4ccc(-c5cccc6oc7ccccc7c56)c5c4oc4ccccc45)cc3)nc(-c3ccccc3-c3cccnc3)n2)cc1. The lowest BCUT2D eigenvalue weighted by Crippen LogP contribution is -1.97. The number of pyridine rings is 1. The number of aromatic nitrogens is 3. The van der Waals surface area contributed by atoms with Crippen LogP contribution in [-0.2, 0) is 0 Å². The molecule has 5 nitrogen and oxygen atoms in total. The van der Waals surface area contributed by atoms with Gasteiger partial charge in [-0.25, -0.2) is 9.97 Å². The molecule has 0 aliphatic carbocycles. The maximum absolute atomic E-state index is 6.72. The van der Waals surface area contributed by atoms with E-state index < -0.39 is 0 Å². The van der Waals surface area contributed by atoms with Crippen molar-refractivity contribution in [3.05, 3.63) is 188 Å². The van der Waals surface area contributed by atoms with Crippen molar-refractivity contribution in [1.82, 2.24) is 15.0 Å². The Morgan fingerprint density at radius 3 is 1.70 bits per heavy atom. The molecular formula is C51H31N3O2. The Morgan fingerprint density at radius 2 is 0.929 bits per heavy atom. The summed E-state index contributed by atoms with van der Waals surface area (Å²) < 4.78 is 13.0. The van der Waals surface area contributed by atoms with Crippen LogP contribution in [0.3, 0.4) is 0 Å². The maximum atomic E-state index is 6.72. The van der Waals surface area contributed by atoms with Crippen molar-refractivity contribution in [2.75, 3.05) is 0 Å². The summed E-state index contributed by atoms with van der Waals surface area (Å²) in [5.74, 6) is 0.657. The van der Waals surface area contributed by atoms with Crippen molar-refractivity contribution >= 4 is 43.9 Å². The number of furan rings is 2. The average molecular weight is 718 g/mol. The zero-order valence-electron chi connectivity index (χ0n) is 30.1. The first kappa shape index (κ1) is 31.9. The molecule has 0 N–H and O–H groups in total. The number of hydrogen-bond acceptors (Lipinski definition) is 5. The summed E-state index contributed by atoms with van der Waals surface area (Å²) in [6, 6.07) is 60.5. The molecule has 262 valence electrons. The Bertz CT molecular complexity index is 3240. The Kier molecular flexibility index (Phi) is 7.42. The quantitative estimate of drug-likeness (QED) is 0.171. The van der Waals surface area contributed by atoms with Crippen molar-refractivity contribution in [3.8, 4) is 67.3 Å². The molecule has 0 atom stereocenters. The van der Waals surface area contributed by atoms with E-state index in [0.717, 1.165) is 105 Å². The number of benzene rings is 7. The van der Waals surface area contributed by atoms with E-state index >= 15 is 0 Å². The van der Waals surface area contributed by atoms with Crippen LogP contribution in [0, 0.1) is 0 Å². The standard InChI is InChI=1S/C51H31N3O2/c1-2-12-33(13-3-1)43-30-44(54-51(53-43)40-16-5-4-15-36(40)35-14-11-29-52-31-35)34-25-23-32(24-26-34)37-27-28-39(49-42-18-7-9-21-46(42)56-50(37)49)38-19-10-22-47-48(38)41-17-6-8-20-45(41)55-47/h1-31H. The van der Waals surface area contributed by atoms with Gasteiger partial charge in [-0.15, -0.1) is 0 Å². The van der Waals surface area contributed by atoms with Gasteiger partial charge in [0.1, 0.15) is 22.3 Å². The lowest BCUT2D eigenvalue weighted by atomic mass is 9.92. The molecule has 0 saturated carbocycles. The molecule has 11 aromatic rings. The minimum absolute atomic E-state index is 0.657. The summed E-state index contributed by atoms with van der Waals surface area (Å²) in [5, 5.41) is 4.37. The van der Waals surface area contributed by atoms with Crippen molar-refractivity contribution in [3.63, 3.8) is 0 Å². The second-order valence-electron chi connectivity index (χ2n) is 13.9. The summed E-state index contributed by atoms with van der Waals surface area (Å²) in [7, 11) is 0. The largest absolute Gasteiger partial charge is 0.456 e. The van der Waals surface area contributed by atoms with Crippen molar-refractivity contribution in [2.45, 2.75) is 0 Å². The minimum Gasteiger partial charge on any atom is -0.456 e. The number of hydrogen-bond donors (Lipinski definition) is 0. The molecule has 4 heterocycles. The third-order valence-electron chi connectivity index (χ3n) is 10.6. The Morgan fingerprint density at radius 1 is 0.357 bits per heavy atom. The Hall–Kier alpha value is -7.63. The highest BCUT2D eigenvalue weighted by molar-refractivity contribution is 6.21. The first-order valence-corrected chi connectivity index (χ1v) is 18.7. The van der Waals surface area contributed by atoms with Crippen molar-refractivity contribution < 1.29 is 8.83 Å². The minimum atomic E-state index is 0.657. The van der Waals surface area contributed by atoms with Crippen LogP contribution in [0.15, 0.2) is 197 Å². The third kappa shape index (κ3) is 5.29. The first-order chi connectivity index (χ1) is 27.8. The molecule has 5 heteroatoms. The molecule has 0 unspecified atom stereocenters. The lowest BCUT2D eigenvalue weighted by Gasteiger charge is -2.13. The first-order valence-electron chi connectivity index (χ1n) is 18.7. The van der Waals surface area contributed by atoms with Gasteiger partial charge >= 0.3 is 0 Å². The van der Waals surface area contributed by atoms with Crippen molar-refractivity contribution in [1.29, 1.82) is 0 Å². The Balaban J connectivity index is 1.05. The molecule has 0 aliphatic rings. The molecule has 7 aromatic carbocycles. The number of para-hydroxylation sites is 2. The number of rotatable bonds is 6. The van der Waals surface area contributed by atoms with Gasteiger partial charge in [0.2, 0.25) is 0 Å². The van der Waals surface area contributed by atoms with Crippen LogP contribution in [0.25, 0.3) is 111 Å². The smallest absolute Gasteiger partial charge is 0.161 e. The second-order valence-corrected chi connectivity index (χ2v) is 13.9. The van der Waals surface area contributed by atoms with Crippen LogP contribution in [0.4, 0.5) is 0 Å². The number of fused-ring (bicyclic) bond motifs is 6. The molecule has 0 amide bonds. The van der Waals surface area contributed by atoms with Gasteiger partial charge in [-0.1, -0.05) is 140 Å². The van der Waals surface area contributed by atoms with Gasteiger partial charge in [0.25, 0.3) is 0 Å². The molecule has 0 spiro atoms. The zero-order chi connectivity index (χ0) is 37.0. The van der Waals surface area contributed by atoms with Gasteiger partial charge < -0.3 is 8.83 Å². The molecule has 0 fully saturated rings. The van der Waals surface area contributed by atoms with Gasteiger partial charge in [-0.3, -0.25) is 4.98 Å². The molecule has 4 aromatic heterocycles. The predicted octanol–water partition coefficient (Wildman–Crippen LogP) is 13.7. The molecule has 0 saturated heterocycles. The van der Waals surface area contributed by atoms with Gasteiger partial charge in [-0.2, -0.15) is 0 Å². The van der Waals surface area contributed by atoms with E-state index in [0.29, 0.717) is 5.82 Å². The van der Waals surface area contributed by atoms with Crippen LogP contribution < -0.4 is 0 Å². The summed E-state index contributed by atoms with van der Waals surface area (Å²) in [5.41, 5.74) is 14.5. The monoisotopic (exact) mass is 717 g/mol. The van der Waals surface area contributed by atoms with Crippen LogP contribution in [0.5, 0.6) is 0 Å². The fourth-order valence-corrected chi connectivity index (χ4v) is 8.02. The summed E-state index contributed by atoms with van der Waals surface area (Å²) in [6.45, 7) is 0. The van der Waals surface area contributed by atoms with Crippen LogP contribution in [0.1, 0.15) is 0 Å². The fraction of sp³-hybridized carbons (Fsp3) is 0. The fourth-order valence-electron chi connectivity index (χ4n) is 8.02. The molecular weight excluding hydrogens is 687 g/mol. The topological polar surface area (TPSA) is 65.0 Å². The second kappa shape index (κ2) is 13.0. The molecule has 0 bridgehead atoms. The summed E-state index contributed by atoms with van der Waals surface area (Å²) in [4.78, 5) is 14.7.